The first-order valence-electron chi connectivity index (χ1n) is 5.97. The van der Waals surface area contributed by atoms with Crippen LogP contribution in [-0.4, -0.2) is 31.7 Å². The molecule has 15 heavy (non-hydrogen) atoms. The predicted molar refractivity (Wildman–Crippen MR) is 63.0 cm³/mol. The Bertz CT molecular complexity index is 389. The van der Waals surface area contributed by atoms with Crippen molar-refractivity contribution in [1.29, 1.82) is 0 Å². The van der Waals surface area contributed by atoms with Crippen LogP contribution in [0.3, 0.4) is 0 Å². The van der Waals surface area contributed by atoms with E-state index in [2.05, 4.69) is 45.4 Å². The molecular weight excluding hydrogens is 182 g/mol. The van der Waals surface area contributed by atoms with Gasteiger partial charge in [-0.15, -0.1) is 0 Å². The summed E-state index contributed by atoms with van der Waals surface area (Å²) >= 11 is 0. The Balaban J connectivity index is 2.02. The van der Waals surface area contributed by atoms with E-state index in [-0.39, 0.29) is 0 Å². The summed E-state index contributed by atoms with van der Waals surface area (Å²) in [5, 5.41) is 0. The fourth-order valence-electron chi connectivity index (χ4n) is 3.68. The molecule has 3 rings (SSSR count). The Morgan fingerprint density at radius 3 is 2.33 bits per heavy atom. The molecule has 2 bridgehead atoms. The van der Waals surface area contributed by atoms with Crippen molar-refractivity contribution < 1.29 is 4.48 Å². The zero-order chi connectivity index (χ0) is 10.6. The monoisotopic (exact) mass is 202 g/mol. The second-order valence-corrected chi connectivity index (χ2v) is 6.09. The Hall–Kier alpha value is -0.820. The minimum atomic E-state index is 0.825. The number of likely N-dealkylation sites (N-methyl/N-ethyl adjacent to an activating group) is 1. The van der Waals surface area contributed by atoms with Crippen molar-refractivity contribution in [3.8, 4) is 0 Å². The van der Waals surface area contributed by atoms with Gasteiger partial charge in [-0.25, -0.2) is 0 Å². The number of fused-ring (bicyclic) bond motifs is 5. The third-order valence-corrected chi connectivity index (χ3v) is 4.36. The van der Waals surface area contributed by atoms with Crippen LogP contribution in [0.4, 0.5) is 0 Å². The first-order valence-corrected chi connectivity index (χ1v) is 5.97. The largest absolute Gasteiger partial charge is 0.328 e. The zero-order valence-electron chi connectivity index (χ0n) is 9.90. The summed E-state index contributed by atoms with van der Waals surface area (Å²) in [7, 11) is 7.02. The maximum atomic E-state index is 2.35. The highest BCUT2D eigenvalue weighted by Gasteiger charge is 2.49. The standard InChI is InChI=1S/C14H20N/c1-15(2,3)14-9-10-8-13(14)12-7-5-4-6-11(10)12/h4-7,10,13-14H,8-9H2,1-3H3/q+1/t10-,13-,14+/m1/s1. The van der Waals surface area contributed by atoms with E-state index in [1.807, 2.05) is 0 Å². The topological polar surface area (TPSA) is 0 Å². The van der Waals surface area contributed by atoms with Crippen molar-refractivity contribution in [1.82, 2.24) is 0 Å². The smallest absolute Gasteiger partial charge is 0.0959 e. The molecule has 3 atom stereocenters. The van der Waals surface area contributed by atoms with Gasteiger partial charge in [-0.3, -0.25) is 0 Å². The summed E-state index contributed by atoms with van der Waals surface area (Å²) < 4.78 is 1.12. The summed E-state index contributed by atoms with van der Waals surface area (Å²) in [5.74, 6) is 1.68. The summed E-state index contributed by atoms with van der Waals surface area (Å²) in [4.78, 5) is 0. The molecular formula is C14H20N+. The normalized spacial score (nSPS) is 33.1. The Morgan fingerprint density at radius 2 is 1.67 bits per heavy atom. The Labute approximate surface area is 92.3 Å². The van der Waals surface area contributed by atoms with Crippen LogP contribution in [-0.2, 0) is 0 Å². The molecule has 1 aromatic carbocycles. The lowest BCUT2D eigenvalue weighted by molar-refractivity contribution is -0.896. The molecule has 0 aromatic heterocycles. The first kappa shape index (κ1) is 9.41. The van der Waals surface area contributed by atoms with Crippen molar-refractivity contribution in [2.75, 3.05) is 21.1 Å². The number of rotatable bonds is 1. The van der Waals surface area contributed by atoms with Crippen LogP contribution in [0, 0.1) is 0 Å². The average molecular weight is 202 g/mol. The van der Waals surface area contributed by atoms with Crippen molar-refractivity contribution in [2.24, 2.45) is 0 Å². The van der Waals surface area contributed by atoms with Gasteiger partial charge >= 0.3 is 0 Å². The van der Waals surface area contributed by atoms with Gasteiger partial charge in [-0.2, -0.15) is 0 Å². The molecule has 0 heterocycles. The van der Waals surface area contributed by atoms with E-state index < -0.39 is 0 Å². The fourth-order valence-corrected chi connectivity index (χ4v) is 3.68. The molecule has 0 amide bonds. The van der Waals surface area contributed by atoms with E-state index in [1.54, 1.807) is 11.1 Å². The van der Waals surface area contributed by atoms with Crippen LogP contribution in [0.1, 0.15) is 35.8 Å². The van der Waals surface area contributed by atoms with E-state index >= 15 is 0 Å². The van der Waals surface area contributed by atoms with Gasteiger partial charge in [-0.05, 0) is 23.5 Å². The number of nitrogens with zero attached hydrogens (tertiary/aromatic N) is 1. The maximum absolute atomic E-state index is 2.35. The molecule has 2 aliphatic carbocycles. The van der Waals surface area contributed by atoms with Crippen molar-refractivity contribution in [3.05, 3.63) is 35.4 Å². The van der Waals surface area contributed by atoms with Gasteiger partial charge in [0.25, 0.3) is 0 Å². The van der Waals surface area contributed by atoms with Crippen LogP contribution in [0.25, 0.3) is 0 Å². The quantitative estimate of drug-likeness (QED) is 0.614. The van der Waals surface area contributed by atoms with Gasteiger partial charge < -0.3 is 4.48 Å². The fraction of sp³-hybridized carbons (Fsp3) is 0.571. The maximum Gasteiger partial charge on any atom is 0.0959 e. The minimum absolute atomic E-state index is 0.825. The van der Waals surface area contributed by atoms with Gasteiger partial charge in [0.1, 0.15) is 0 Å². The van der Waals surface area contributed by atoms with E-state index in [4.69, 9.17) is 0 Å². The van der Waals surface area contributed by atoms with Gasteiger partial charge in [0, 0.05) is 12.3 Å². The van der Waals surface area contributed by atoms with Crippen LogP contribution in [0.2, 0.25) is 0 Å². The zero-order valence-corrected chi connectivity index (χ0v) is 9.90. The number of hydrogen-bond donors (Lipinski definition) is 0. The summed E-state index contributed by atoms with van der Waals surface area (Å²) in [5.41, 5.74) is 3.29. The lowest BCUT2D eigenvalue weighted by Gasteiger charge is -2.37. The minimum Gasteiger partial charge on any atom is -0.328 e. The number of hydrogen-bond acceptors (Lipinski definition) is 0. The number of benzene rings is 1. The average Bonchev–Trinajstić information content (AvgIpc) is 2.74. The van der Waals surface area contributed by atoms with E-state index in [0.717, 1.165) is 22.4 Å². The second kappa shape index (κ2) is 2.85. The Morgan fingerprint density at radius 1 is 1.00 bits per heavy atom. The molecule has 1 aromatic rings. The van der Waals surface area contributed by atoms with Gasteiger partial charge in [-0.1, -0.05) is 24.3 Å². The number of quaternary nitrogens is 1. The summed E-state index contributed by atoms with van der Waals surface area (Å²) in [6.07, 6.45) is 2.80. The van der Waals surface area contributed by atoms with Crippen LogP contribution < -0.4 is 0 Å². The second-order valence-electron chi connectivity index (χ2n) is 6.09. The molecule has 0 saturated heterocycles. The van der Waals surface area contributed by atoms with Crippen LogP contribution >= 0.6 is 0 Å². The van der Waals surface area contributed by atoms with Crippen LogP contribution in [0.5, 0.6) is 0 Å². The highest BCUT2D eigenvalue weighted by atomic mass is 15.3. The van der Waals surface area contributed by atoms with E-state index in [9.17, 15) is 0 Å². The highest BCUT2D eigenvalue weighted by Crippen LogP contribution is 2.55. The van der Waals surface area contributed by atoms with Crippen LogP contribution in [0.15, 0.2) is 24.3 Å². The van der Waals surface area contributed by atoms with Gasteiger partial charge in [0.2, 0.25) is 0 Å². The molecule has 0 N–H and O–H groups in total. The molecule has 0 aliphatic heterocycles. The third kappa shape index (κ3) is 1.26. The molecule has 80 valence electrons. The SMILES string of the molecule is C[N+](C)(C)[C@H]1C[C@H]2C[C@@H]1c1ccccc12. The van der Waals surface area contributed by atoms with Crippen molar-refractivity contribution in [2.45, 2.75) is 30.7 Å². The molecule has 2 aliphatic rings. The lowest BCUT2D eigenvalue weighted by atomic mass is 9.87. The van der Waals surface area contributed by atoms with E-state index in [0.29, 0.717) is 0 Å². The summed E-state index contributed by atoms with van der Waals surface area (Å²) in [6, 6.07) is 9.92. The molecule has 1 heteroatoms. The van der Waals surface area contributed by atoms with E-state index in [1.165, 1.54) is 12.8 Å². The lowest BCUT2D eigenvalue weighted by Crippen LogP contribution is -2.47. The van der Waals surface area contributed by atoms with Crippen molar-refractivity contribution >= 4 is 0 Å². The molecule has 1 saturated carbocycles. The van der Waals surface area contributed by atoms with Gasteiger partial charge in [0.15, 0.2) is 0 Å². The predicted octanol–water partition coefficient (Wildman–Crippen LogP) is 2.74. The Kier molecular flexibility index (Phi) is 1.79. The first-order chi connectivity index (χ1) is 7.07. The van der Waals surface area contributed by atoms with Gasteiger partial charge in [0.05, 0.1) is 27.2 Å². The highest BCUT2D eigenvalue weighted by molar-refractivity contribution is 5.42. The third-order valence-electron chi connectivity index (χ3n) is 4.36. The molecule has 1 fully saturated rings. The summed E-state index contributed by atoms with van der Waals surface area (Å²) in [6.45, 7) is 0. The molecule has 1 nitrogen and oxygen atoms in total. The molecule has 0 radical (unpaired) electrons. The molecule has 0 spiro atoms. The van der Waals surface area contributed by atoms with Crippen molar-refractivity contribution in [3.63, 3.8) is 0 Å². The molecule has 0 unspecified atom stereocenters.